The Morgan fingerprint density at radius 3 is 2.84 bits per heavy atom. The van der Waals surface area contributed by atoms with E-state index in [4.69, 9.17) is 4.74 Å². The molecule has 2 rings (SSSR count). The van der Waals surface area contributed by atoms with E-state index in [-0.39, 0.29) is 0 Å². The van der Waals surface area contributed by atoms with Crippen LogP contribution in [0.15, 0.2) is 18.2 Å². The zero-order chi connectivity index (χ0) is 13.7. The maximum atomic E-state index is 5.78. The van der Waals surface area contributed by atoms with Crippen LogP contribution in [-0.2, 0) is 5.75 Å². The number of rotatable bonds is 6. The Balaban J connectivity index is 2.30. The highest BCUT2D eigenvalue weighted by atomic mass is 32.2. The standard InChI is InChI=1S/C16H25NOS/c1-4-10-17-16-12-8-7-9-14(18-6-3)13(12)11-19-15(16)5-2/h7-9,15-17H,4-6,10-11H2,1-3H3. The summed E-state index contributed by atoms with van der Waals surface area (Å²) in [6, 6.07) is 6.98. The van der Waals surface area contributed by atoms with Gasteiger partial charge < -0.3 is 10.1 Å². The number of benzene rings is 1. The minimum Gasteiger partial charge on any atom is -0.494 e. The monoisotopic (exact) mass is 279 g/mol. The van der Waals surface area contributed by atoms with Gasteiger partial charge in [0, 0.05) is 22.6 Å². The third kappa shape index (κ3) is 3.26. The molecule has 1 aliphatic heterocycles. The predicted molar refractivity (Wildman–Crippen MR) is 84.0 cm³/mol. The second-order valence-electron chi connectivity index (χ2n) is 4.95. The van der Waals surface area contributed by atoms with E-state index in [9.17, 15) is 0 Å². The Kier molecular flexibility index (Phi) is 5.59. The Hall–Kier alpha value is -0.670. The summed E-state index contributed by atoms with van der Waals surface area (Å²) >= 11 is 2.06. The quantitative estimate of drug-likeness (QED) is 0.845. The maximum absolute atomic E-state index is 5.78. The van der Waals surface area contributed by atoms with Crippen molar-refractivity contribution in [2.75, 3.05) is 13.2 Å². The van der Waals surface area contributed by atoms with Gasteiger partial charge in [0.1, 0.15) is 5.75 Å². The van der Waals surface area contributed by atoms with E-state index in [1.165, 1.54) is 24.0 Å². The number of hydrogen-bond donors (Lipinski definition) is 1. The molecule has 2 nitrogen and oxygen atoms in total. The van der Waals surface area contributed by atoms with Crippen molar-refractivity contribution < 1.29 is 4.74 Å². The first-order chi connectivity index (χ1) is 9.31. The lowest BCUT2D eigenvalue weighted by atomic mass is 9.95. The molecule has 1 N–H and O–H groups in total. The molecule has 0 saturated heterocycles. The Morgan fingerprint density at radius 1 is 1.32 bits per heavy atom. The number of thioether (sulfide) groups is 1. The van der Waals surface area contributed by atoms with Crippen LogP contribution in [0, 0.1) is 0 Å². The fourth-order valence-corrected chi connectivity index (χ4v) is 4.06. The van der Waals surface area contributed by atoms with Crippen LogP contribution in [0.4, 0.5) is 0 Å². The maximum Gasteiger partial charge on any atom is 0.123 e. The van der Waals surface area contributed by atoms with Crippen LogP contribution in [-0.4, -0.2) is 18.4 Å². The van der Waals surface area contributed by atoms with Crippen molar-refractivity contribution in [1.82, 2.24) is 5.32 Å². The van der Waals surface area contributed by atoms with Crippen LogP contribution >= 0.6 is 11.8 Å². The third-order valence-electron chi connectivity index (χ3n) is 3.63. The van der Waals surface area contributed by atoms with Crippen molar-refractivity contribution in [1.29, 1.82) is 0 Å². The smallest absolute Gasteiger partial charge is 0.123 e. The van der Waals surface area contributed by atoms with Crippen LogP contribution in [0.3, 0.4) is 0 Å². The fourth-order valence-electron chi connectivity index (χ4n) is 2.70. The molecule has 2 unspecified atom stereocenters. The molecule has 3 heteroatoms. The zero-order valence-corrected chi connectivity index (χ0v) is 13.1. The van der Waals surface area contributed by atoms with Gasteiger partial charge in [-0.3, -0.25) is 0 Å². The van der Waals surface area contributed by atoms with E-state index < -0.39 is 0 Å². The highest BCUT2D eigenvalue weighted by Crippen LogP contribution is 2.42. The Bertz CT molecular complexity index is 408. The largest absolute Gasteiger partial charge is 0.494 e. The molecular weight excluding hydrogens is 254 g/mol. The topological polar surface area (TPSA) is 21.3 Å². The third-order valence-corrected chi connectivity index (χ3v) is 5.12. The molecule has 0 bridgehead atoms. The molecule has 0 saturated carbocycles. The highest BCUT2D eigenvalue weighted by Gasteiger charge is 2.30. The van der Waals surface area contributed by atoms with Gasteiger partial charge in [-0.2, -0.15) is 11.8 Å². The molecule has 0 amide bonds. The van der Waals surface area contributed by atoms with Crippen LogP contribution in [0.1, 0.15) is 50.8 Å². The SMILES string of the molecule is CCCNC1c2cccc(OCC)c2CSC1CC. The minimum absolute atomic E-state index is 0.471. The molecule has 0 radical (unpaired) electrons. The van der Waals surface area contributed by atoms with Gasteiger partial charge in [-0.15, -0.1) is 0 Å². The van der Waals surface area contributed by atoms with Gasteiger partial charge in [0.15, 0.2) is 0 Å². The highest BCUT2D eigenvalue weighted by molar-refractivity contribution is 7.99. The summed E-state index contributed by atoms with van der Waals surface area (Å²) in [4.78, 5) is 0. The first kappa shape index (κ1) is 14.7. The van der Waals surface area contributed by atoms with Crippen molar-refractivity contribution in [3.05, 3.63) is 29.3 Å². The first-order valence-electron chi connectivity index (χ1n) is 7.41. The fraction of sp³-hybridized carbons (Fsp3) is 0.625. The van der Waals surface area contributed by atoms with Crippen molar-refractivity contribution in [2.45, 2.75) is 50.7 Å². The molecule has 0 fully saturated rings. The van der Waals surface area contributed by atoms with Crippen LogP contribution in [0.5, 0.6) is 5.75 Å². The van der Waals surface area contributed by atoms with Crippen molar-refractivity contribution in [3.63, 3.8) is 0 Å². The minimum atomic E-state index is 0.471. The van der Waals surface area contributed by atoms with Crippen LogP contribution in [0.2, 0.25) is 0 Å². The van der Waals surface area contributed by atoms with Gasteiger partial charge in [0.2, 0.25) is 0 Å². The van der Waals surface area contributed by atoms with E-state index >= 15 is 0 Å². The van der Waals surface area contributed by atoms with Gasteiger partial charge in [-0.05, 0) is 37.9 Å². The van der Waals surface area contributed by atoms with Gasteiger partial charge in [0.05, 0.1) is 6.61 Å². The molecule has 1 aliphatic rings. The molecule has 1 aromatic rings. The second-order valence-corrected chi connectivity index (χ2v) is 6.17. The van der Waals surface area contributed by atoms with Gasteiger partial charge in [-0.1, -0.05) is 26.0 Å². The average molecular weight is 279 g/mol. The molecule has 1 aromatic carbocycles. The molecular formula is C16H25NOS. The van der Waals surface area contributed by atoms with Gasteiger partial charge in [0.25, 0.3) is 0 Å². The summed E-state index contributed by atoms with van der Waals surface area (Å²) in [5, 5.41) is 4.40. The van der Waals surface area contributed by atoms with Crippen molar-refractivity contribution in [2.24, 2.45) is 0 Å². The lowest BCUT2D eigenvalue weighted by Gasteiger charge is -2.34. The first-order valence-corrected chi connectivity index (χ1v) is 8.46. The summed E-state index contributed by atoms with van der Waals surface area (Å²) < 4.78 is 5.78. The van der Waals surface area contributed by atoms with E-state index in [2.05, 4.69) is 56.0 Å². The molecule has 0 spiro atoms. The summed E-state index contributed by atoms with van der Waals surface area (Å²) in [5.74, 6) is 2.15. The normalized spacial score (nSPS) is 22.1. The van der Waals surface area contributed by atoms with E-state index in [1.54, 1.807) is 0 Å². The lowest BCUT2D eigenvalue weighted by molar-refractivity contribution is 0.336. The molecule has 106 valence electrons. The lowest BCUT2D eigenvalue weighted by Crippen LogP contribution is -2.33. The Labute approximate surface area is 121 Å². The number of nitrogens with one attached hydrogen (secondary N) is 1. The number of fused-ring (bicyclic) bond motifs is 1. The summed E-state index contributed by atoms with van der Waals surface area (Å²) in [6.07, 6.45) is 2.39. The Morgan fingerprint density at radius 2 is 2.16 bits per heavy atom. The molecule has 2 atom stereocenters. The molecule has 0 aliphatic carbocycles. The van der Waals surface area contributed by atoms with Gasteiger partial charge >= 0.3 is 0 Å². The van der Waals surface area contributed by atoms with E-state index in [0.717, 1.165) is 24.7 Å². The van der Waals surface area contributed by atoms with Gasteiger partial charge in [-0.25, -0.2) is 0 Å². The zero-order valence-electron chi connectivity index (χ0n) is 12.2. The number of ether oxygens (including phenoxy) is 1. The summed E-state index contributed by atoms with van der Waals surface area (Å²) in [6.45, 7) is 8.39. The predicted octanol–water partition coefficient (Wildman–Crippen LogP) is 4.15. The molecule has 19 heavy (non-hydrogen) atoms. The summed E-state index contributed by atoms with van der Waals surface area (Å²) in [7, 11) is 0. The number of hydrogen-bond acceptors (Lipinski definition) is 3. The van der Waals surface area contributed by atoms with Crippen LogP contribution < -0.4 is 10.1 Å². The van der Waals surface area contributed by atoms with E-state index in [1.807, 2.05) is 0 Å². The average Bonchev–Trinajstić information content (AvgIpc) is 2.45. The van der Waals surface area contributed by atoms with E-state index in [0.29, 0.717) is 11.3 Å². The summed E-state index contributed by atoms with van der Waals surface area (Å²) in [5.41, 5.74) is 2.85. The van der Waals surface area contributed by atoms with Crippen molar-refractivity contribution >= 4 is 11.8 Å². The second kappa shape index (κ2) is 7.20. The van der Waals surface area contributed by atoms with Crippen LogP contribution in [0.25, 0.3) is 0 Å². The van der Waals surface area contributed by atoms with Crippen molar-refractivity contribution in [3.8, 4) is 5.75 Å². The molecule has 0 aromatic heterocycles. The molecule has 1 heterocycles.